The maximum absolute atomic E-state index is 11.2. The zero-order chi connectivity index (χ0) is 18.8. The van der Waals surface area contributed by atoms with Crippen molar-refractivity contribution in [3.05, 3.63) is 73.7 Å². The molecule has 1 heterocycles. The van der Waals surface area contributed by atoms with Crippen LogP contribution in [0.25, 0.3) is 22.4 Å². The van der Waals surface area contributed by atoms with Crippen LogP contribution < -0.4 is 5.73 Å². The molecule has 0 bridgehead atoms. The summed E-state index contributed by atoms with van der Waals surface area (Å²) in [6.45, 7) is 0. The molecular formula is C18H10BrClN4O2. The number of benzene rings is 2. The second kappa shape index (κ2) is 7.12. The molecule has 2 aromatic carbocycles. The number of aromatic nitrogens is 1. The van der Waals surface area contributed by atoms with Crippen LogP contribution in [0.1, 0.15) is 5.56 Å². The number of pyridine rings is 1. The molecule has 0 aliphatic carbocycles. The van der Waals surface area contributed by atoms with E-state index >= 15 is 0 Å². The molecule has 0 amide bonds. The zero-order valence-corrected chi connectivity index (χ0v) is 15.5. The predicted molar refractivity (Wildman–Crippen MR) is 104 cm³/mol. The van der Waals surface area contributed by atoms with E-state index < -0.39 is 4.92 Å². The second-order valence-electron chi connectivity index (χ2n) is 5.36. The van der Waals surface area contributed by atoms with E-state index in [0.29, 0.717) is 16.8 Å². The Kier molecular flexibility index (Phi) is 4.89. The van der Waals surface area contributed by atoms with Gasteiger partial charge in [0.1, 0.15) is 22.5 Å². The van der Waals surface area contributed by atoms with Crippen molar-refractivity contribution in [3.8, 4) is 28.5 Å². The van der Waals surface area contributed by atoms with Crippen molar-refractivity contribution in [1.29, 1.82) is 5.26 Å². The van der Waals surface area contributed by atoms with E-state index in [4.69, 9.17) is 17.3 Å². The van der Waals surface area contributed by atoms with Crippen LogP contribution in [-0.4, -0.2) is 9.91 Å². The summed E-state index contributed by atoms with van der Waals surface area (Å²) >= 11 is 9.25. The van der Waals surface area contributed by atoms with Gasteiger partial charge < -0.3 is 5.73 Å². The normalized spacial score (nSPS) is 10.3. The average Bonchev–Trinajstić information content (AvgIpc) is 2.62. The molecule has 1 aromatic heterocycles. The van der Waals surface area contributed by atoms with E-state index in [0.717, 1.165) is 10.0 Å². The van der Waals surface area contributed by atoms with Crippen molar-refractivity contribution in [3.63, 3.8) is 0 Å². The third kappa shape index (κ3) is 3.38. The number of nitrogens with zero attached hydrogens (tertiary/aromatic N) is 3. The summed E-state index contributed by atoms with van der Waals surface area (Å²) in [5, 5.41) is 20.6. The Hall–Kier alpha value is -2.95. The van der Waals surface area contributed by atoms with Gasteiger partial charge in [-0.3, -0.25) is 10.1 Å². The average molecular weight is 430 g/mol. The summed E-state index contributed by atoms with van der Waals surface area (Å²) in [5.41, 5.74) is 8.15. The maximum Gasteiger partial charge on any atom is 0.288 e. The summed E-state index contributed by atoms with van der Waals surface area (Å²) in [7, 11) is 0. The fraction of sp³-hybridized carbons (Fsp3) is 0. The van der Waals surface area contributed by atoms with Crippen LogP contribution in [0, 0.1) is 21.4 Å². The van der Waals surface area contributed by atoms with Gasteiger partial charge in [0.25, 0.3) is 5.69 Å². The van der Waals surface area contributed by atoms with Crippen molar-refractivity contribution < 1.29 is 4.92 Å². The Morgan fingerprint density at radius 3 is 2.42 bits per heavy atom. The first-order chi connectivity index (χ1) is 12.4. The molecule has 6 nitrogen and oxygen atoms in total. The monoisotopic (exact) mass is 428 g/mol. The Morgan fingerprint density at radius 1 is 1.15 bits per heavy atom. The summed E-state index contributed by atoms with van der Waals surface area (Å²) in [5.74, 6) is 0.0560. The smallest absolute Gasteiger partial charge is 0.288 e. The molecule has 0 unspecified atom stereocenters. The first kappa shape index (κ1) is 17.9. The molecule has 0 aliphatic heterocycles. The number of hydrogen-bond acceptors (Lipinski definition) is 5. The number of nitro groups is 1. The Morgan fingerprint density at radius 2 is 1.81 bits per heavy atom. The Labute approximate surface area is 162 Å². The number of hydrogen-bond donors (Lipinski definition) is 1. The quantitative estimate of drug-likeness (QED) is 0.455. The molecule has 0 aliphatic rings. The van der Waals surface area contributed by atoms with Gasteiger partial charge in [-0.1, -0.05) is 45.7 Å². The largest absolute Gasteiger partial charge is 0.383 e. The minimum Gasteiger partial charge on any atom is -0.383 e. The lowest BCUT2D eigenvalue weighted by Crippen LogP contribution is -2.00. The summed E-state index contributed by atoms with van der Waals surface area (Å²) in [6.07, 6.45) is 0. The lowest BCUT2D eigenvalue weighted by molar-refractivity contribution is -0.384. The van der Waals surface area contributed by atoms with Crippen LogP contribution >= 0.6 is 27.5 Å². The SMILES string of the molecule is N#Cc1c(-c2ccc(Cl)c([N+](=O)[O-])c2)cc(-c2ccc(Br)cc2)nc1N. The van der Waals surface area contributed by atoms with Gasteiger partial charge in [0.2, 0.25) is 0 Å². The fourth-order valence-electron chi connectivity index (χ4n) is 2.50. The van der Waals surface area contributed by atoms with Gasteiger partial charge in [-0.05, 0) is 29.8 Å². The summed E-state index contributed by atoms with van der Waals surface area (Å²) in [4.78, 5) is 14.9. The Bertz CT molecular complexity index is 1060. The maximum atomic E-state index is 11.2. The van der Waals surface area contributed by atoms with Gasteiger partial charge in [0.05, 0.1) is 10.6 Å². The van der Waals surface area contributed by atoms with Gasteiger partial charge in [0.15, 0.2) is 0 Å². The van der Waals surface area contributed by atoms with Crippen molar-refractivity contribution in [2.75, 3.05) is 5.73 Å². The first-order valence-electron chi connectivity index (χ1n) is 7.31. The van der Waals surface area contributed by atoms with E-state index in [2.05, 4.69) is 20.9 Å². The molecular weight excluding hydrogens is 420 g/mol. The van der Waals surface area contributed by atoms with E-state index in [1.807, 2.05) is 30.3 Å². The van der Waals surface area contributed by atoms with Crippen molar-refractivity contribution in [2.45, 2.75) is 0 Å². The molecule has 26 heavy (non-hydrogen) atoms. The number of anilines is 1. The van der Waals surface area contributed by atoms with Crippen molar-refractivity contribution in [2.24, 2.45) is 0 Å². The van der Waals surface area contributed by atoms with Crippen LogP contribution in [0.3, 0.4) is 0 Å². The van der Waals surface area contributed by atoms with E-state index in [1.54, 1.807) is 12.1 Å². The lowest BCUT2D eigenvalue weighted by atomic mass is 9.98. The number of nitrogen functional groups attached to an aromatic ring is 1. The third-order valence-corrected chi connectivity index (χ3v) is 4.60. The minimum absolute atomic E-state index is 0.0208. The van der Waals surface area contributed by atoms with Gasteiger partial charge in [-0.15, -0.1) is 0 Å². The van der Waals surface area contributed by atoms with Gasteiger partial charge in [-0.2, -0.15) is 5.26 Å². The highest BCUT2D eigenvalue weighted by molar-refractivity contribution is 9.10. The van der Waals surface area contributed by atoms with Gasteiger partial charge in [-0.25, -0.2) is 4.98 Å². The van der Waals surface area contributed by atoms with Gasteiger partial charge >= 0.3 is 0 Å². The third-order valence-electron chi connectivity index (χ3n) is 3.75. The number of nitriles is 1. The number of nitrogens with two attached hydrogens (primary N) is 1. The van der Waals surface area contributed by atoms with Crippen molar-refractivity contribution >= 4 is 39.0 Å². The molecule has 128 valence electrons. The Balaban J connectivity index is 2.23. The fourth-order valence-corrected chi connectivity index (χ4v) is 2.95. The molecule has 0 radical (unpaired) electrons. The molecule has 0 fully saturated rings. The highest BCUT2D eigenvalue weighted by Gasteiger charge is 2.18. The number of halogens is 2. The van der Waals surface area contributed by atoms with Crippen LogP contribution in [0.5, 0.6) is 0 Å². The number of rotatable bonds is 3. The zero-order valence-electron chi connectivity index (χ0n) is 13.1. The topological polar surface area (TPSA) is 106 Å². The summed E-state index contributed by atoms with van der Waals surface area (Å²) in [6, 6.07) is 15.5. The molecule has 0 spiro atoms. The van der Waals surface area contributed by atoms with E-state index in [9.17, 15) is 15.4 Å². The molecule has 2 N–H and O–H groups in total. The molecule has 0 saturated heterocycles. The highest BCUT2D eigenvalue weighted by atomic mass is 79.9. The van der Waals surface area contributed by atoms with Crippen molar-refractivity contribution in [1.82, 2.24) is 4.98 Å². The molecule has 0 saturated carbocycles. The molecule has 3 rings (SSSR count). The van der Waals surface area contributed by atoms with Crippen LogP contribution in [0.2, 0.25) is 5.02 Å². The molecule has 0 atom stereocenters. The van der Waals surface area contributed by atoms with Crippen LogP contribution in [-0.2, 0) is 0 Å². The highest BCUT2D eigenvalue weighted by Crippen LogP contribution is 2.35. The van der Waals surface area contributed by atoms with E-state index in [1.165, 1.54) is 12.1 Å². The first-order valence-corrected chi connectivity index (χ1v) is 8.48. The lowest BCUT2D eigenvalue weighted by Gasteiger charge is -2.10. The predicted octanol–water partition coefficient (Wildman–Crippen LogP) is 5.19. The molecule has 8 heteroatoms. The van der Waals surface area contributed by atoms with E-state index in [-0.39, 0.29) is 22.1 Å². The number of nitro benzene ring substituents is 1. The minimum atomic E-state index is -0.571. The second-order valence-corrected chi connectivity index (χ2v) is 6.68. The molecule has 3 aromatic rings. The van der Waals surface area contributed by atoms with Gasteiger partial charge in [0, 0.05) is 21.7 Å². The van der Waals surface area contributed by atoms with Crippen LogP contribution in [0.4, 0.5) is 11.5 Å². The summed E-state index contributed by atoms with van der Waals surface area (Å²) < 4.78 is 0.913. The van der Waals surface area contributed by atoms with Crippen LogP contribution in [0.15, 0.2) is 53.0 Å². The standard InChI is InChI=1S/C18H10BrClN4O2/c19-12-4-1-10(2-5-12)16-8-13(14(9-21)18(22)23-16)11-3-6-15(20)17(7-11)24(25)26/h1-8H,(H2,22,23).